The zero-order chi connectivity index (χ0) is 13.2. The SMILES string of the molecule is CC1CC1CNC(=O)CCc1c[nH]c2ccccc12. The van der Waals surface area contributed by atoms with Crippen molar-refractivity contribution in [1.82, 2.24) is 10.3 Å². The Balaban J connectivity index is 1.52. The molecule has 19 heavy (non-hydrogen) atoms. The first kappa shape index (κ1) is 12.3. The molecular weight excluding hydrogens is 236 g/mol. The van der Waals surface area contributed by atoms with Gasteiger partial charge in [-0.15, -0.1) is 0 Å². The molecule has 1 aromatic heterocycles. The van der Waals surface area contributed by atoms with Gasteiger partial charge >= 0.3 is 0 Å². The molecule has 1 amide bonds. The Labute approximate surface area is 113 Å². The molecule has 0 saturated heterocycles. The summed E-state index contributed by atoms with van der Waals surface area (Å²) in [5.41, 5.74) is 2.37. The van der Waals surface area contributed by atoms with Crippen LogP contribution in [0.5, 0.6) is 0 Å². The number of fused-ring (bicyclic) bond motifs is 1. The predicted octanol–water partition coefficient (Wildman–Crippen LogP) is 2.87. The summed E-state index contributed by atoms with van der Waals surface area (Å²) in [5.74, 6) is 1.69. The van der Waals surface area contributed by atoms with Crippen LogP contribution in [0.3, 0.4) is 0 Å². The maximum Gasteiger partial charge on any atom is 0.220 e. The van der Waals surface area contributed by atoms with Crippen LogP contribution in [0.4, 0.5) is 0 Å². The van der Waals surface area contributed by atoms with Gasteiger partial charge in [0.25, 0.3) is 0 Å². The number of aromatic nitrogens is 1. The normalized spacial score (nSPS) is 21.5. The summed E-state index contributed by atoms with van der Waals surface area (Å²) in [4.78, 5) is 15.0. The fraction of sp³-hybridized carbons (Fsp3) is 0.438. The number of H-pyrrole nitrogens is 1. The molecule has 2 unspecified atom stereocenters. The third-order valence-corrected chi connectivity index (χ3v) is 4.13. The van der Waals surface area contributed by atoms with Crippen LogP contribution in [0, 0.1) is 11.8 Å². The Kier molecular flexibility index (Phi) is 3.28. The zero-order valence-electron chi connectivity index (χ0n) is 11.3. The van der Waals surface area contributed by atoms with E-state index in [0.717, 1.165) is 30.3 Å². The van der Waals surface area contributed by atoms with E-state index in [0.29, 0.717) is 6.42 Å². The van der Waals surface area contributed by atoms with Crippen molar-refractivity contribution in [2.45, 2.75) is 26.2 Å². The third-order valence-electron chi connectivity index (χ3n) is 4.13. The van der Waals surface area contributed by atoms with Crippen molar-refractivity contribution in [2.24, 2.45) is 11.8 Å². The maximum absolute atomic E-state index is 11.8. The molecule has 2 N–H and O–H groups in total. The van der Waals surface area contributed by atoms with E-state index in [2.05, 4.69) is 29.4 Å². The van der Waals surface area contributed by atoms with Gasteiger partial charge in [0.1, 0.15) is 0 Å². The van der Waals surface area contributed by atoms with Crippen molar-refractivity contribution in [3.8, 4) is 0 Å². The van der Waals surface area contributed by atoms with Gasteiger partial charge in [0, 0.05) is 30.1 Å². The molecular formula is C16H20N2O. The molecule has 1 aliphatic carbocycles. The van der Waals surface area contributed by atoms with Crippen LogP contribution in [0.15, 0.2) is 30.5 Å². The molecule has 0 spiro atoms. The first-order chi connectivity index (χ1) is 9.24. The van der Waals surface area contributed by atoms with Gasteiger partial charge in [-0.3, -0.25) is 4.79 Å². The first-order valence-electron chi connectivity index (χ1n) is 7.05. The highest BCUT2D eigenvalue weighted by atomic mass is 16.1. The number of hydrogen-bond acceptors (Lipinski definition) is 1. The fourth-order valence-corrected chi connectivity index (χ4v) is 2.60. The number of nitrogens with one attached hydrogen (secondary N) is 2. The molecule has 1 aromatic carbocycles. The number of hydrogen-bond donors (Lipinski definition) is 2. The van der Waals surface area contributed by atoms with Gasteiger partial charge in [-0.25, -0.2) is 0 Å². The highest BCUT2D eigenvalue weighted by Gasteiger charge is 2.32. The summed E-state index contributed by atoms with van der Waals surface area (Å²) in [6.45, 7) is 3.09. The molecule has 0 aliphatic heterocycles. The van der Waals surface area contributed by atoms with E-state index >= 15 is 0 Å². The molecule has 3 nitrogen and oxygen atoms in total. The summed E-state index contributed by atoms with van der Waals surface area (Å²) >= 11 is 0. The molecule has 1 saturated carbocycles. The van der Waals surface area contributed by atoms with Crippen molar-refractivity contribution in [3.63, 3.8) is 0 Å². The molecule has 3 rings (SSSR count). The number of aryl methyl sites for hydroxylation is 1. The van der Waals surface area contributed by atoms with Gasteiger partial charge < -0.3 is 10.3 Å². The highest BCUT2D eigenvalue weighted by molar-refractivity contribution is 5.84. The Morgan fingerprint density at radius 3 is 3.00 bits per heavy atom. The lowest BCUT2D eigenvalue weighted by molar-refractivity contribution is -0.121. The van der Waals surface area contributed by atoms with Gasteiger partial charge in [-0.2, -0.15) is 0 Å². The molecule has 0 bridgehead atoms. The van der Waals surface area contributed by atoms with Gasteiger partial charge in [-0.05, 0) is 36.3 Å². The monoisotopic (exact) mass is 256 g/mol. The van der Waals surface area contributed by atoms with E-state index in [9.17, 15) is 4.79 Å². The number of aromatic amines is 1. The van der Waals surface area contributed by atoms with Gasteiger partial charge in [0.2, 0.25) is 5.91 Å². The number of amides is 1. The second-order valence-electron chi connectivity index (χ2n) is 5.64. The minimum Gasteiger partial charge on any atom is -0.361 e. The van der Waals surface area contributed by atoms with Gasteiger partial charge in [-0.1, -0.05) is 25.1 Å². The number of benzene rings is 1. The summed E-state index contributed by atoms with van der Waals surface area (Å²) < 4.78 is 0. The van der Waals surface area contributed by atoms with Crippen LogP contribution >= 0.6 is 0 Å². The lowest BCUT2D eigenvalue weighted by Crippen LogP contribution is -2.26. The summed E-state index contributed by atoms with van der Waals surface area (Å²) in [5, 5.41) is 4.26. The van der Waals surface area contributed by atoms with Crippen LogP contribution in [0.2, 0.25) is 0 Å². The van der Waals surface area contributed by atoms with E-state index < -0.39 is 0 Å². The third kappa shape index (κ3) is 2.80. The van der Waals surface area contributed by atoms with Gasteiger partial charge in [0.05, 0.1) is 0 Å². The number of carbonyl (C=O) groups excluding carboxylic acids is 1. The van der Waals surface area contributed by atoms with Crippen molar-refractivity contribution in [2.75, 3.05) is 6.54 Å². The maximum atomic E-state index is 11.8. The van der Waals surface area contributed by atoms with Gasteiger partial charge in [0.15, 0.2) is 0 Å². The lowest BCUT2D eigenvalue weighted by atomic mass is 10.1. The largest absolute Gasteiger partial charge is 0.361 e. The molecule has 3 heteroatoms. The number of rotatable bonds is 5. The van der Waals surface area contributed by atoms with E-state index in [1.54, 1.807) is 0 Å². The van der Waals surface area contributed by atoms with Crippen LogP contribution in [0.25, 0.3) is 10.9 Å². The quantitative estimate of drug-likeness (QED) is 0.849. The topological polar surface area (TPSA) is 44.9 Å². The second-order valence-corrected chi connectivity index (χ2v) is 5.64. The van der Waals surface area contributed by atoms with E-state index in [1.807, 2.05) is 18.3 Å². The minimum absolute atomic E-state index is 0.171. The average Bonchev–Trinajstić information content (AvgIpc) is 2.98. The Hall–Kier alpha value is -1.77. The highest BCUT2D eigenvalue weighted by Crippen LogP contribution is 2.36. The Bertz CT molecular complexity index is 587. The van der Waals surface area contributed by atoms with E-state index in [1.165, 1.54) is 17.4 Å². The minimum atomic E-state index is 0.171. The van der Waals surface area contributed by atoms with E-state index in [-0.39, 0.29) is 5.91 Å². The van der Waals surface area contributed by atoms with Crippen LogP contribution < -0.4 is 5.32 Å². The molecule has 1 aliphatic rings. The van der Waals surface area contributed by atoms with Crippen molar-refractivity contribution in [1.29, 1.82) is 0 Å². The summed E-state index contributed by atoms with van der Waals surface area (Å²) in [6.07, 6.45) is 4.66. The molecule has 0 radical (unpaired) electrons. The lowest BCUT2D eigenvalue weighted by Gasteiger charge is -2.04. The smallest absolute Gasteiger partial charge is 0.220 e. The first-order valence-corrected chi connectivity index (χ1v) is 7.05. The Morgan fingerprint density at radius 2 is 2.21 bits per heavy atom. The Morgan fingerprint density at radius 1 is 1.42 bits per heavy atom. The summed E-state index contributed by atoms with van der Waals surface area (Å²) in [6, 6.07) is 8.22. The van der Waals surface area contributed by atoms with Crippen LogP contribution in [-0.4, -0.2) is 17.4 Å². The fourth-order valence-electron chi connectivity index (χ4n) is 2.60. The molecule has 1 fully saturated rings. The van der Waals surface area contributed by atoms with Crippen molar-refractivity contribution < 1.29 is 4.79 Å². The number of para-hydroxylation sites is 1. The molecule has 1 heterocycles. The molecule has 2 atom stereocenters. The second kappa shape index (κ2) is 5.08. The molecule has 100 valence electrons. The standard InChI is InChI=1S/C16H20N2O/c1-11-8-13(11)10-18-16(19)7-6-12-9-17-15-5-3-2-4-14(12)15/h2-5,9,11,13,17H,6-8,10H2,1H3,(H,18,19). The van der Waals surface area contributed by atoms with Crippen molar-refractivity contribution in [3.05, 3.63) is 36.0 Å². The molecule has 2 aromatic rings. The van der Waals surface area contributed by atoms with Crippen LogP contribution in [-0.2, 0) is 11.2 Å². The van der Waals surface area contributed by atoms with Crippen molar-refractivity contribution >= 4 is 16.8 Å². The summed E-state index contributed by atoms with van der Waals surface area (Å²) in [7, 11) is 0. The van der Waals surface area contributed by atoms with Crippen LogP contribution in [0.1, 0.15) is 25.3 Å². The predicted molar refractivity (Wildman–Crippen MR) is 76.9 cm³/mol. The average molecular weight is 256 g/mol. The zero-order valence-corrected chi connectivity index (χ0v) is 11.3. The van der Waals surface area contributed by atoms with E-state index in [4.69, 9.17) is 0 Å². The number of carbonyl (C=O) groups is 1.